The number of hydrogen-bond donors (Lipinski definition) is 0. The van der Waals surface area contributed by atoms with E-state index in [9.17, 15) is 0 Å². The Labute approximate surface area is 381 Å². The molecule has 0 amide bonds. The first-order valence-corrected chi connectivity index (χ1v) is 22.6. The van der Waals surface area contributed by atoms with Crippen molar-refractivity contribution in [3.8, 4) is 61.3 Å². The highest BCUT2D eigenvalue weighted by Crippen LogP contribution is 2.51. The Morgan fingerprint density at radius 3 is 1.40 bits per heavy atom. The number of fused-ring (bicyclic) bond motifs is 6. The highest BCUT2D eigenvalue weighted by molar-refractivity contribution is 6.10. The van der Waals surface area contributed by atoms with Gasteiger partial charge in [-0.2, -0.15) is 0 Å². The molecule has 308 valence electrons. The van der Waals surface area contributed by atoms with Crippen molar-refractivity contribution in [2.24, 2.45) is 0 Å². The quantitative estimate of drug-likeness (QED) is 0.148. The Bertz CT molecular complexity index is 3470. The first-order chi connectivity index (χ1) is 32.0. The second kappa shape index (κ2) is 15.6. The number of anilines is 3. The molecule has 0 spiro atoms. The molecule has 0 atom stereocenters. The Hall–Kier alpha value is -8.20. The summed E-state index contributed by atoms with van der Waals surface area (Å²) in [5.74, 6) is 0. The van der Waals surface area contributed by atoms with Gasteiger partial charge in [0.25, 0.3) is 0 Å². The van der Waals surface area contributed by atoms with Gasteiger partial charge in [-0.1, -0.05) is 172 Å². The largest absolute Gasteiger partial charge is 0.310 e. The van der Waals surface area contributed by atoms with Crippen molar-refractivity contribution in [2.75, 3.05) is 4.90 Å². The van der Waals surface area contributed by atoms with Gasteiger partial charge < -0.3 is 9.47 Å². The minimum absolute atomic E-state index is 0.121. The van der Waals surface area contributed by atoms with Crippen LogP contribution in [0.3, 0.4) is 0 Å². The zero-order valence-corrected chi connectivity index (χ0v) is 36.5. The minimum Gasteiger partial charge on any atom is -0.310 e. The average Bonchev–Trinajstić information content (AvgIpc) is 3.82. The van der Waals surface area contributed by atoms with Crippen molar-refractivity contribution in [2.45, 2.75) is 19.3 Å². The Morgan fingerprint density at radius 1 is 0.308 bits per heavy atom. The van der Waals surface area contributed by atoms with E-state index in [-0.39, 0.29) is 5.41 Å². The van der Waals surface area contributed by atoms with Crippen LogP contribution in [0.15, 0.2) is 243 Å². The smallest absolute Gasteiger partial charge is 0.0541 e. The third kappa shape index (κ3) is 6.65. The third-order valence-corrected chi connectivity index (χ3v) is 13.6. The van der Waals surface area contributed by atoms with E-state index in [1.54, 1.807) is 0 Å². The molecule has 0 aliphatic heterocycles. The van der Waals surface area contributed by atoms with Crippen LogP contribution in [0.2, 0.25) is 0 Å². The molecule has 0 N–H and O–H groups in total. The summed E-state index contributed by atoms with van der Waals surface area (Å²) in [7, 11) is 0. The average molecular weight is 831 g/mol. The van der Waals surface area contributed by atoms with E-state index >= 15 is 0 Å². The van der Waals surface area contributed by atoms with Gasteiger partial charge in [-0.15, -0.1) is 0 Å². The predicted octanol–water partition coefficient (Wildman–Crippen LogP) is 17.2. The summed E-state index contributed by atoms with van der Waals surface area (Å²) in [6.45, 7) is 4.72. The van der Waals surface area contributed by atoms with Crippen LogP contribution in [0.25, 0.3) is 83.1 Å². The molecule has 0 unspecified atom stereocenters. The first kappa shape index (κ1) is 38.5. The molecule has 11 aromatic rings. The minimum atomic E-state index is -0.121. The fourth-order valence-corrected chi connectivity index (χ4v) is 10.3. The molecule has 0 radical (unpaired) electrons. The lowest BCUT2D eigenvalue weighted by molar-refractivity contribution is 0.660. The van der Waals surface area contributed by atoms with Gasteiger partial charge in [0.05, 0.1) is 11.0 Å². The summed E-state index contributed by atoms with van der Waals surface area (Å²) in [6, 6.07) is 88.8. The second-order valence-electron chi connectivity index (χ2n) is 17.8. The maximum Gasteiger partial charge on any atom is 0.0541 e. The number of benzene rings is 10. The fourth-order valence-electron chi connectivity index (χ4n) is 10.3. The van der Waals surface area contributed by atoms with Gasteiger partial charge in [0, 0.05) is 38.9 Å². The van der Waals surface area contributed by atoms with Gasteiger partial charge in [0.1, 0.15) is 0 Å². The van der Waals surface area contributed by atoms with Crippen molar-refractivity contribution >= 4 is 38.9 Å². The highest BCUT2D eigenvalue weighted by atomic mass is 15.1. The standard InChI is InChI=1S/C63H46N2/c1-63(2)59-24-14-12-22-55(59)56-36-35-54(42-60(56)63)64(53-33-28-46(29-34-53)50-39-48(43-16-6-3-7-17-43)38-49(40-50)44-18-8-4-9-19-44)52-31-26-45(27-32-52)47-30-37-62-58(41-47)57-23-13-15-25-61(57)65(62)51-20-10-5-11-21-51/h3-42H,1-2H3. The van der Waals surface area contributed by atoms with E-state index in [1.165, 1.54) is 94.3 Å². The predicted molar refractivity (Wildman–Crippen MR) is 275 cm³/mol. The van der Waals surface area contributed by atoms with E-state index in [0.29, 0.717) is 0 Å². The molecule has 1 aliphatic rings. The molecule has 1 aliphatic carbocycles. The molecule has 1 aromatic heterocycles. The zero-order chi connectivity index (χ0) is 43.5. The van der Waals surface area contributed by atoms with Gasteiger partial charge in [-0.05, 0) is 152 Å². The lowest BCUT2D eigenvalue weighted by Gasteiger charge is -2.28. The molecule has 0 bridgehead atoms. The van der Waals surface area contributed by atoms with Crippen LogP contribution in [0.5, 0.6) is 0 Å². The molecular weight excluding hydrogens is 785 g/mol. The molecule has 65 heavy (non-hydrogen) atoms. The normalized spacial score (nSPS) is 12.6. The van der Waals surface area contributed by atoms with Crippen LogP contribution in [0.1, 0.15) is 25.0 Å². The number of hydrogen-bond acceptors (Lipinski definition) is 1. The lowest BCUT2D eigenvalue weighted by atomic mass is 9.82. The van der Waals surface area contributed by atoms with Crippen LogP contribution in [0, 0.1) is 0 Å². The Balaban J connectivity index is 0.955. The molecule has 10 aromatic carbocycles. The molecule has 1 heterocycles. The van der Waals surface area contributed by atoms with Crippen molar-refractivity contribution < 1.29 is 0 Å². The maximum absolute atomic E-state index is 2.42. The van der Waals surface area contributed by atoms with E-state index in [2.05, 4.69) is 266 Å². The number of aromatic nitrogens is 1. The van der Waals surface area contributed by atoms with Crippen molar-refractivity contribution in [3.63, 3.8) is 0 Å². The summed E-state index contributed by atoms with van der Waals surface area (Å²) in [5.41, 5.74) is 21.7. The molecular formula is C63H46N2. The van der Waals surface area contributed by atoms with E-state index in [1.807, 2.05) is 0 Å². The van der Waals surface area contributed by atoms with E-state index in [0.717, 1.165) is 17.1 Å². The lowest BCUT2D eigenvalue weighted by Crippen LogP contribution is -2.16. The molecule has 0 saturated carbocycles. The number of para-hydroxylation sites is 2. The highest BCUT2D eigenvalue weighted by Gasteiger charge is 2.35. The van der Waals surface area contributed by atoms with Gasteiger partial charge >= 0.3 is 0 Å². The second-order valence-corrected chi connectivity index (χ2v) is 17.8. The molecule has 12 rings (SSSR count). The third-order valence-electron chi connectivity index (χ3n) is 13.6. The van der Waals surface area contributed by atoms with E-state index in [4.69, 9.17) is 0 Å². The monoisotopic (exact) mass is 830 g/mol. The topological polar surface area (TPSA) is 8.17 Å². The first-order valence-electron chi connectivity index (χ1n) is 22.6. The molecule has 2 nitrogen and oxygen atoms in total. The Morgan fingerprint density at radius 2 is 0.769 bits per heavy atom. The van der Waals surface area contributed by atoms with Crippen LogP contribution >= 0.6 is 0 Å². The van der Waals surface area contributed by atoms with Crippen LogP contribution in [0.4, 0.5) is 17.1 Å². The van der Waals surface area contributed by atoms with Gasteiger partial charge in [-0.25, -0.2) is 0 Å². The van der Waals surface area contributed by atoms with Crippen LogP contribution in [-0.4, -0.2) is 4.57 Å². The summed E-state index contributed by atoms with van der Waals surface area (Å²) in [4.78, 5) is 2.42. The summed E-state index contributed by atoms with van der Waals surface area (Å²) in [6.07, 6.45) is 0. The maximum atomic E-state index is 2.42. The number of nitrogens with zero attached hydrogens (tertiary/aromatic N) is 2. The Kier molecular flexibility index (Phi) is 9.21. The molecule has 0 fully saturated rings. The zero-order valence-electron chi connectivity index (χ0n) is 36.5. The number of rotatable bonds is 8. The van der Waals surface area contributed by atoms with Crippen molar-refractivity contribution in [3.05, 3.63) is 254 Å². The summed E-state index contributed by atoms with van der Waals surface area (Å²) < 4.78 is 2.37. The molecule has 2 heteroatoms. The van der Waals surface area contributed by atoms with Gasteiger partial charge in [0.2, 0.25) is 0 Å². The van der Waals surface area contributed by atoms with Crippen molar-refractivity contribution in [1.29, 1.82) is 0 Å². The SMILES string of the molecule is CC1(C)c2ccccc2-c2ccc(N(c3ccc(-c4cc(-c5ccccc5)cc(-c5ccccc5)c4)cc3)c3ccc(-c4ccc5c(c4)c4ccccc4n5-c4ccccc4)cc3)cc21. The van der Waals surface area contributed by atoms with Crippen molar-refractivity contribution in [1.82, 2.24) is 4.57 Å². The van der Waals surface area contributed by atoms with Gasteiger partial charge in [-0.3, -0.25) is 0 Å². The molecule has 0 saturated heterocycles. The fraction of sp³-hybridized carbons (Fsp3) is 0.0476. The van der Waals surface area contributed by atoms with Gasteiger partial charge in [0.15, 0.2) is 0 Å². The van der Waals surface area contributed by atoms with Crippen LogP contribution < -0.4 is 4.90 Å². The van der Waals surface area contributed by atoms with E-state index < -0.39 is 0 Å². The summed E-state index contributed by atoms with van der Waals surface area (Å²) in [5, 5.41) is 2.50. The summed E-state index contributed by atoms with van der Waals surface area (Å²) >= 11 is 0. The van der Waals surface area contributed by atoms with Crippen LogP contribution in [-0.2, 0) is 5.41 Å².